The number of aromatic amines is 1. The van der Waals surface area contributed by atoms with Crippen LogP contribution in [0.15, 0.2) is 41.8 Å². The number of hydrogen-bond acceptors (Lipinski definition) is 2. The molecule has 2 heterocycles. The van der Waals surface area contributed by atoms with Gasteiger partial charge in [-0.25, -0.2) is 0 Å². The van der Waals surface area contributed by atoms with Gasteiger partial charge in [0, 0.05) is 5.69 Å². The average Bonchev–Trinajstić information content (AvgIpc) is 2.92. The molecule has 0 unspecified atom stereocenters. The van der Waals surface area contributed by atoms with E-state index in [4.69, 9.17) is 0 Å². The van der Waals surface area contributed by atoms with Gasteiger partial charge < -0.3 is 10.3 Å². The molecule has 0 spiro atoms. The number of rotatable bonds is 2. The van der Waals surface area contributed by atoms with Crippen molar-refractivity contribution < 1.29 is 4.79 Å². The molecule has 90 valence electrons. The predicted molar refractivity (Wildman–Crippen MR) is 75.3 cm³/mol. The Morgan fingerprint density at radius 2 is 2.00 bits per heavy atom. The van der Waals surface area contributed by atoms with Crippen molar-refractivity contribution in [2.75, 3.05) is 5.32 Å². The van der Waals surface area contributed by atoms with Crippen LogP contribution in [0.3, 0.4) is 0 Å². The number of H-pyrrole nitrogens is 1. The molecule has 3 rings (SSSR count). The minimum atomic E-state index is -0.109. The third kappa shape index (κ3) is 2.02. The van der Waals surface area contributed by atoms with Gasteiger partial charge in [-0.3, -0.25) is 4.79 Å². The van der Waals surface area contributed by atoms with Crippen LogP contribution in [0, 0.1) is 6.92 Å². The Labute approximate surface area is 108 Å². The van der Waals surface area contributed by atoms with Gasteiger partial charge in [0.15, 0.2) is 0 Å². The van der Waals surface area contributed by atoms with Gasteiger partial charge in [-0.15, -0.1) is 11.3 Å². The molecule has 0 aliphatic heterocycles. The first kappa shape index (κ1) is 11.0. The second kappa shape index (κ2) is 4.31. The molecule has 0 aliphatic carbocycles. The summed E-state index contributed by atoms with van der Waals surface area (Å²) in [6, 6.07) is 11.6. The zero-order valence-corrected chi connectivity index (χ0v) is 10.7. The lowest BCUT2D eigenvalue weighted by atomic mass is 10.2. The van der Waals surface area contributed by atoms with Crippen molar-refractivity contribution in [2.24, 2.45) is 0 Å². The van der Waals surface area contributed by atoms with Gasteiger partial charge in [-0.05, 0) is 36.6 Å². The van der Waals surface area contributed by atoms with E-state index in [1.165, 1.54) is 5.56 Å². The lowest BCUT2D eigenvalue weighted by Crippen LogP contribution is -2.12. The van der Waals surface area contributed by atoms with E-state index in [-0.39, 0.29) is 5.91 Å². The summed E-state index contributed by atoms with van der Waals surface area (Å²) in [6.45, 7) is 2.02. The number of aromatic nitrogens is 1. The van der Waals surface area contributed by atoms with E-state index in [2.05, 4.69) is 10.3 Å². The summed E-state index contributed by atoms with van der Waals surface area (Å²) in [5.74, 6) is -0.109. The number of carbonyl (C=O) groups excluding carboxylic acids is 1. The summed E-state index contributed by atoms with van der Waals surface area (Å²) in [5, 5.41) is 4.87. The van der Waals surface area contributed by atoms with Gasteiger partial charge in [-0.1, -0.05) is 17.7 Å². The highest BCUT2D eigenvalue weighted by molar-refractivity contribution is 7.17. The molecule has 1 aromatic carbocycles. The molecule has 4 heteroatoms. The van der Waals surface area contributed by atoms with E-state index >= 15 is 0 Å². The Hall–Kier alpha value is -2.07. The first-order chi connectivity index (χ1) is 8.72. The Morgan fingerprint density at radius 1 is 1.22 bits per heavy atom. The van der Waals surface area contributed by atoms with Gasteiger partial charge in [0.2, 0.25) is 0 Å². The molecule has 0 saturated heterocycles. The van der Waals surface area contributed by atoms with Crippen molar-refractivity contribution >= 4 is 33.1 Å². The molecule has 0 radical (unpaired) electrons. The maximum atomic E-state index is 12.0. The van der Waals surface area contributed by atoms with E-state index in [0.717, 1.165) is 15.9 Å². The summed E-state index contributed by atoms with van der Waals surface area (Å²) >= 11 is 1.62. The Morgan fingerprint density at radius 3 is 2.72 bits per heavy atom. The van der Waals surface area contributed by atoms with Crippen LogP contribution >= 0.6 is 11.3 Å². The number of anilines is 1. The van der Waals surface area contributed by atoms with Crippen molar-refractivity contribution in [2.45, 2.75) is 6.92 Å². The monoisotopic (exact) mass is 256 g/mol. The zero-order valence-electron chi connectivity index (χ0n) is 9.86. The summed E-state index contributed by atoms with van der Waals surface area (Å²) in [5.41, 5.74) is 3.59. The largest absolute Gasteiger partial charge is 0.350 e. The summed E-state index contributed by atoms with van der Waals surface area (Å²) < 4.78 is 1.10. The molecular formula is C14H12N2OS. The fourth-order valence-electron chi connectivity index (χ4n) is 1.81. The molecule has 0 aliphatic rings. The minimum Gasteiger partial charge on any atom is -0.350 e. The average molecular weight is 256 g/mol. The third-order valence-corrected chi connectivity index (χ3v) is 3.66. The Kier molecular flexibility index (Phi) is 2.64. The lowest BCUT2D eigenvalue weighted by molar-refractivity contribution is 0.102. The lowest BCUT2D eigenvalue weighted by Gasteiger charge is -2.03. The fraction of sp³-hybridized carbons (Fsp3) is 0.0714. The normalized spacial score (nSPS) is 10.7. The molecule has 1 amide bonds. The first-order valence-electron chi connectivity index (χ1n) is 5.66. The molecule has 0 saturated carbocycles. The quantitative estimate of drug-likeness (QED) is 0.720. The molecule has 18 heavy (non-hydrogen) atoms. The number of benzene rings is 1. The Bertz CT molecular complexity index is 665. The smallest absolute Gasteiger partial charge is 0.272 e. The molecule has 0 atom stereocenters. The number of hydrogen-bond donors (Lipinski definition) is 2. The minimum absolute atomic E-state index is 0.109. The number of nitrogens with one attached hydrogen (secondary N) is 2. The molecule has 2 aromatic heterocycles. The van der Waals surface area contributed by atoms with Crippen molar-refractivity contribution in [3.8, 4) is 0 Å². The van der Waals surface area contributed by atoms with Crippen LogP contribution < -0.4 is 5.32 Å². The van der Waals surface area contributed by atoms with Crippen LogP contribution in [0.5, 0.6) is 0 Å². The van der Waals surface area contributed by atoms with E-state index < -0.39 is 0 Å². The SMILES string of the molecule is Cc1ccc(NC(=O)c2cc3sccc3[nH]2)cc1. The first-order valence-corrected chi connectivity index (χ1v) is 6.54. The summed E-state index contributed by atoms with van der Waals surface area (Å²) in [6.07, 6.45) is 0. The molecule has 0 fully saturated rings. The molecule has 2 N–H and O–H groups in total. The van der Waals surface area contributed by atoms with E-state index in [0.29, 0.717) is 5.69 Å². The molecule has 3 aromatic rings. The van der Waals surface area contributed by atoms with Crippen LogP contribution in [0.4, 0.5) is 5.69 Å². The van der Waals surface area contributed by atoms with Gasteiger partial charge in [0.25, 0.3) is 5.91 Å². The van der Waals surface area contributed by atoms with Crippen molar-refractivity contribution in [1.29, 1.82) is 0 Å². The number of fused-ring (bicyclic) bond motifs is 1. The highest BCUT2D eigenvalue weighted by Gasteiger charge is 2.10. The van der Waals surface area contributed by atoms with E-state index in [9.17, 15) is 4.79 Å². The van der Waals surface area contributed by atoms with Gasteiger partial charge in [0.05, 0.1) is 10.2 Å². The van der Waals surface area contributed by atoms with Crippen molar-refractivity contribution in [1.82, 2.24) is 4.98 Å². The number of amides is 1. The maximum absolute atomic E-state index is 12.0. The van der Waals surface area contributed by atoms with Gasteiger partial charge in [0.1, 0.15) is 5.69 Å². The van der Waals surface area contributed by atoms with E-state index in [1.807, 2.05) is 48.7 Å². The number of thiophene rings is 1. The third-order valence-electron chi connectivity index (χ3n) is 2.79. The van der Waals surface area contributed by atoms with Crippen LogP contribution in [0.25, 0.3) is 10.2 Å². The molecular weight excluding hydrogens is 244 g/mol. The number of aryl methyl sites for hydroxylation is 1. The Balaban J connectivity index is 1.82. The van der Waals surface area contributed by atoms with Crippen molar-refractivity contribution in [3.63, 3.8) is 0 Å². The van der Waals surface area contributed by atoms with Crippen LogP contribution in [-0.4, -0.2) is 10.9 Å². The topological polar surface area (TPSA) is 44.9 Å². The van der Waals surface area contributed by atoms with E-state index in [1.54, 1.807) is 11.3 Å². The molecule has 0 bridgehead atoms. The predicted octanol–water partition coefficient (Wildman–Crippen LogP) is 3.79. The highest BCUT2D eigenvalue weighted by Crippen LogP contribution is 2.21. The highest BCUT2D eigenvalue weighted by atomic mass is 32.1. The summed E-state index contributed by atoms with van der Waals surface area (Å²) in [7, 11) is 0. The number of carbonyl (C=O) groups is 1. The fourth-order valence-corrected chi connectivity index (χ4v) is 2.59. The van der Waals surface area contributed by atoms with Gasteiger partial charge >= 0.3 is 0 Å². The van der Waals surface area contributed by atoms with Gasteiger partial charge in [-0.2, -0.15) is 0 Å². The molecule has 3 nitrogen and oxygen atoms in total. The van der Waals surface area contributed by atoms with Crippen molar-refractivity contribution in [3.05, 3.63) is 53.0 Å². The zero-order chi connectivity index (χ0) is 12.5. The van der Waals surface area contributed by atoms with Crippen LogP contribution in [0.1, 0.15) is 16.1 Å². The second-order valence-corrected chi connectivity index (χ2v) is 5.15. The summed E-state index contributed by atoms with van der Waals surface area (Å²) in [4.78, 5) is 15.1. The maximum Gasteiger partial charge on any atom is 0.272 e. The standard InChI is InChI=1S/C14H12N2OS/c1-9-2-4-10(5-3-9)15-14(17)12-8-13-11(16-12)6-7-18-13/h2-8,16H,1H3,(H,15,17). The second-order valence-electron chi connectivity index (χ2n) is 4.20. The van der Waals surface area contributed by atoms with Crippen LogP contribution in [-0.2, 0) is 0 Å². The van der Waals surface area contributed by atoms with Crippen LogP contribution in [0.2, 0.25) is 0 Å².